The van der Waals surface area contributed by atoms with E-state index in [4.69, 9.17) is 4.74 Å². The van der Waals surface area contributed by atoms with Gasteiger partial charge in [-0.25, -0.2) is 8.42 Å². The zero-order chi connectivity index (χ0) is 11.1. The fraction of sp³-hybridized carbons (Fsp3) is 1.00. The lowest BCUT2D eigenvalue weighted by molar-refractivity contribution is 0.127. The highest BCUT2D eigenvalue weighted by Gasteiger charge is 2.39. The molecule has 4 nitrogen and oxygen atoms in total. The summed E-state index contributed by atoms with van der Waals surface area (Å²) in [5.74, 6) is 0.0364. The Kier molecular flexibility index (Phi) is 3.30. The van der Waals surface area contributed by atoms with E-state index in [9.17, 15) is 13.5 Å². The summed E-state index contributed by atoms with van der Waals surface area (Å²) in [5, 5.41) is 9.80. The van der Waals surface area contributed by atoms with Crippen molar-refractivity contribution >= 4 is 21.6 Å². The van der Waals surface area contributed by atoms with E-state index in [1.54, 1.807) is 11.8 Å². The Hall–Kier alpha value is 0.220. The van der Waals surface area contributed by atoms with Crippen LogP contribution in [0.4, 0.5) is 0 Å². The van der Waals surface area contributed by atoms with Crippen LogP contribution in [0.15, 0.2) is 0 Å². The molecule has 0 spiro atoms. The average molecular weight is 252 g/mol. The Morgan fingerprint density at radius 1 is 1.33 bits per heavy atom. The topological polar surface area (TPSA) is 63.6 Å². The van der Waals surface area contributed by atoms with Gasteiger partial charge in [0.1, 0.15) is 0 Å². The number of ether oxygens (including phenoxy) is 1. The standard InChI is InChI=1S/C9H16O4S2/c1-6-8(2-3-13-6)14-9-5-15(11,12)4-7(9)10/h6-10H,2-5H2,1H3/t6?,7-,8?,9-/m1/s1. The van der Waals surface area contributed by atoms with Gasteiger partial charge in [-0.2, -0.15) is 0 Å². The van der Waals surface area contributed by atoms with E-state index in [2.05, 4.69) is 0 Å². The Morgan fingerprint density at radius 2 is 2.07 bits per heavy atom. The van der Waals surface area contributed by atoms with Crippen LogP contribution >= 0.6 is 11.8 Å². The molecule has 2 fully saturated rings. The van der Waals surface area contributed by atoms with Gasteiger partial charge in [0.25, 0.3) is 0 Å². The molecule has 88 valence electrons. The van der Waals surface area contributed by atoms with Crippen LogP contribution in [0, 0.1) is 0 Å². The summed E-state index contributed by atoms with van der Waals surface area (Å²) in [6.07, 6.45) is 0.424. The zero-order valence-electron chi connectivity index (χ0n) is 8.63. The van der Waals surface area contributed by atoms with Gasteiger partial charge < -0.3 is 9.84 Å². The van der Waals surface area contributed by atoms with Crippen molar-refractivity contribution in [1.29, 1.82) is 0 Å². The summed E-state index contributed by atoms with van der Waals surface area (Å²) < 4.78 is 28.0. The summed E-state index contributed by atoms with van der Waals surface area (Å²) in [7, 11) is -3.02. The Labute approximate surface area is 94.3 Å². The van der Waals surface area contributed by atoms with Crippen molar-refractivity contribution in [2.24, 2.45) is 0 Å². The first kappa shape index (κ1) is 11.7. The van der Waals surface area contributed by atoms with E-state index in [1.165, 1.54) is 0 Å². The fourth-order valence-corrected chi connectivity index (χ4v) is 5.97. The van der Waals surface area contributed by atoms with E-state index in [1.807, 2.05) is 6.92 Å². The zero-order valence-corrected chi connectivity index (χ0v) is 10.3. The smallest absolute Gasteiger partial charge is 0.154 e. The highest BCUT2D eigenvalue weighted by Crippen LogP contribution is 2.34. The molecule has 0 aliphatic carbocycles. The third-order valence-corrected chi connectivity index (χ3v) is 6.65. The maximum Gasteiger partial charge on any atom is 0.154 e. The van der Waals surface area contributed by atoms with Crippen LogP contribution in [-0.4, -0.2) is 54.3 Å². The summed E-state index contributed by atoms with van der Waals surface area (Å²) in [6, 6.07) is 0. The van der Waals surface area contributed by atoms with Crippen molar-refractivity contribution in [2.45, 2.75) is 36.1 Å². The molecule has 2 heterocycles. The average Bonchev–Trinajstić information content (AvgIpc) is 2.59. The van der Waals surface area contributed by atoms with Gasteiger partial charge in [0.15, 0.2) is 9.84 Å². The third-order valence-electron chi connectivity index (χ3n) is 2.93. The maximum absolute atomic E-state index is 11.3. The van der Waals surface area contributed by atoms with Crippen molar-refractivity contribution in [3.63, 3.8) is 0 Å². The second-order valence-corrected chi connectivity index (χ2v) is 7.86. The van der Waals surface area contributed by atoms with Crippen LogP contribution in [0.2, 0.25) is 0 Å². The summed E-state index contributed by atoms with van der Waals surface area (Å²) in [5.41, 5.74) is 0. The van der Waals surface area contributed by atoms with Crippen LogP contribution in [0.5, 0.6) is 0 Å². The number of rotatable bonds is 2. The molecule has 0 aromatic carbocycles. The lowest BCUT2D eigenvalue weighted by atomic mass is 10.2. The normalized spacial score (nSPS) is 44.7. The molecule has 0 radical (unpaired) electrons. The molecule has 2 aliphatic rings. The molecule has 0 saturated carbocycles. The predicted molar refractivity (Wildman–Crippen MR) is 59.9 cm³/mol. The maximum atomic E-state index is 11.3. The number of aliphatic hydroxyl groups is 1. The van der Waals surface area contributed by atoms with Crippen molar-refractivity contribution in [1.82, 2.24) is 0 Å². The molecule has 0 aromatic heterocycles. The van der Waals surface area contributed by atoms with Crippen LogP contribution in [0.3, 0.4) is 0 Å². The van der Waals surface area contributed by atoms with E-state index >= 15 is 0 Å². The minimum Gasteiger partial charge on any atom is -0.391 e. The van der Waals surface area contributed by atoms with Crippen molar-refractivity contribution < 1.29 is 18.3 Å². The molecule has 2 rings (SSSR count). The van der Waals surface area contributed by atoms with Gasteiger partial charge in [-0.05, 0) is 13.3 Å². The summed E-state index contributed by atoms with van der Waals surface area (Å²) in [4.78, 5) is 0. The molecule has 6 heteroatoms. The summed E-state index contributed by atoms with van der Waals surface area (Å²) in [6.45, 7) is 2.74. The molecule has 0 bridgehead atoms. The summed E-state index contributed by atoms with van der Waals surface area (Å²) >= 11 is 1.58. The minimum atomic E-state index is -3.02. The quantitative estimate of drug-likeness (QED) is 0.752. The van der Waals surface area contributed by atoms with Crippen molar-refractivity contribution in [2.75, 3.05) is 18.1 Å². The first-order chi connectivity index (χ1) is 6.98. The Morgan fingerprint density at radius 3 is 2.53 bits per heavy atom. The first-order valence-electron chi connectivity index (χ1n) is 5.13. The second kappa shape index (κ2) is 4.24. The molecule has 4 atom stereocenters. The van der Waals surface area contributed by atoms with Gasteiger partial charge in [-0.3, -0.25) is 0 Å². The van der Waals surface area contributed by atoms with E-state index < -0.39 is 15.9 Å². The molecule has 1 N–H and O–H groups in total. The van der Waals surface area contributed by atoms with Crippen LogP contribution in [0.25, 0.3) is 0 Å². The third kappa shape index (κ3) is 2.67. The van der Waals surface area contributed by atoms with Crippen molar-refractivity contribution in [3.05, 3.63) is 0 Å². The van der Waals surface area contributed by atoms with Crippen LogP contribution in [-0.2, 0) is 14.6 Å². The number of sulfone groups is 1. The molecular formula is C9H16O4S2. The van der Waals surface area contributed by atoms with Crippen molar-refractivity contribution in [3.8, 4) is 0 Å². The highest BCUT2D eigenvalue weighted by molar-refractivity contribution is 8.02. The lowest BCUT2D eigenvalue weighted by Crippen LogP contribution is -2.25. The second-order valence-electron chi connectivity index (χ2n) is 4.22. The number of aliphatic hydroxyl groups excluding tert-OH is 1. The van der Waals surface area contributed by atoms with E-state index in [0.29, 0.717) is 5.25 Å². The molecule has 0 amide bonds. The molecule has 15 heavy (non-hydrogen) atoms. The minimum absolute atomic E-state index is 0.0768. The predicted octanol–water partition coefficient (Wildman–Crippen LogP) is 0.0549. The number of hydrogen-bond acceptors (Lipinski definition) is 5. The van der Waals surface area contributed by atoms with Crippen LogP contribution < -0.4 is 0 Å². The van der Waals surface area contributed by atoms with Crippen LogP contribution in [0.1, 0.15) is 13.3 Å². The Bertz CT molecular complexity index is 327. The number of thioether (sulfide) groups is 1. The molecule has 2 saturated heterocycles. The Balaban J connectivity index is 1.95. The first-order valence-corrected chi connectivity index (χ1v) is 7.90. The van der Waals surface area contributed by atoms with Gasteiger partial charge >= 0.3 is 0 Å². The molecule has 2 unspecified atom stereocenters. The van der Waals surface area contributed by atoms with Gasteiger partial charge in [0.05, 0.1) is 23.7 Å². The molecule has 2 aliphatic heterocycles. The molecule has 0 aromatic rings. The largest absolute Gasteiger partial charge is 0.391 e. The highest BCUT2D eigenvalue weighted by atomic mass is 32.2. The molecular weight excluding hydrogens is 236 g/mol. The van der Waals surface area contributed by atoms with Gasteiger partial charge in [0, 0.05) is 17.1 Å². The SMILES string of the molecule is CC1OCCC1S[C@@H]1CS(=O)(=O)C[C@H]1O. The van der Waals surface area contributed by atoms with Gasteiger partial charge in [-0.15, -0.1) is 11.8 Å². The fourth-order valence-electron chi connectivity index (χ4n) is 2.04. The van der Waals surface area contributed by atoms with E-state index in [-0.39, 0.29) is 22.9 Å². The van der Waals surface area contributed by atoms with Gasteiger partial charge in [-0.1, -0.05) is 0 Å². The van der Waals surface area contributed by atoms with E-state index in [0.717, 1.165) is 13.0 Å². The van der Waals surface area contributed by atoms with Gasteiger partial charge in [0.2, 0.25) is 0 Å². The lowest BCUT2D eigenvalue weighted by Gasteiger charge is -2.19. The number of hydrogen-bond donors (Lipinski definition) is 1. The monoisotopic (exact) mass is 252 g/mol.